The van der Waals surface area contributed by atoms with Crippen molar-refractivity contribution < 1.29 is 9.53 Å². The Labute approximate surface area is 125 Å². The van der Waals surface area contributed by atoms with Gasteiger partial charge in [0.25, 0.3) is 0 Å². The van der Waals surface area contributed by atoms with E-state index in [1.165, 1.54) is 25.7 Å². The fourth-order valence-electron chi connectivity index (χ4n) is 3.28. The largest absolute Gasteiger partial charge is 0.444 e. The van der Waals surface area contributed by atoms with Crippen molar-refractivity contribution in [1.29, 1.82) is 0 Å². The van der Waals surface area contributed by atoms with Crippen molar-refractivity contribution in [1.82, 2.24) is 4.90 Å². The average molecular weight is 283 g/mol. The summed E-state index contributed by atoms with van der Waals surface area (Å²) in [6.07, 6.45) is 5.85. The maximum atomic E-state index is 12.2. The molecule has 0 bridgehead atoms. The highest BCUT2D eigenvalue weighted by Gasteiger charge is 2.37. The summed E-state index contributed by atoms with van der Waals surface area (Å²) in [6.45, 7) is 14.4. The molecule has 0 aromatic rings. The first-order valence-corrected chi connectivity index (χ1v) is 8.19. The van der Waals surface area contributed by atoms with Crippen LogP contribution in [0.25, 0.3) is 0 Å². The normalized spacial score (nSPS) is 23.3. The summed E-state index contributed by atoms with van der Waals surface area (Å²) in [5, 5.41) is 0. The quantitative estimate of drug-likeness (QED) is 0.738. The number of amides is 1. The summed E-state index contributed by atoms with van der Waals surface area (Å²) in [5.41, 5.74) is -0.0447. The maximum Gasteiger partial charge on any atom is 0.410 e. The van der Waals surface area contributed by atoms with Crippen molar-refractivity contribution in [3.8, 4) is 0 Å². The molecule has 1 fully saturated rings. The van der Waals surface area contributed by atoms with Crippen molar-refractivity contribution in [2.24, 2.45) is 11.3 Å². The highest BCUT2D eigenvalue weighted by molar-refractivity contribution is 5.68. The van der Waals surface area contributed by atoms with E-state index in [0.29, 0.717) is 11.3 Å². The molecule has 20 heavy (non-hydrogen) atoms. The van der Waals surface area contributed by atoms with Crippen LogP contribution in [0.2, 0.25) is 0 Å². The molecule has 1 aliphatic heterocycles. The average Bonchev–Trinajstić information content (AvgIpc) is 2.37. The van der Waals surface area contributed by atoms with Crippen LogP contribution in [0.15, 0.2) is 0 Å². The lowest BCUT2D eigenvalue weighted by Crippen LogP contribution is -2.46. The van der Waals surface area contributed by atoms with E-state index in [1.807, 2.05) is 25.7 Å². The zero-order chi connectivity index (χ0) is 15.4. The molecule has 1 amide bonds. The molecule has 0 N–H and O–H groups in total. The number of carbonyl (C=O) groups is 1. The molecule has 0 spiro atoms. The summed E-state index contributed by atoms with van der Waals surface area (Å²) in [5.74, 6) is 0.605. The van der Waals surface area contributed by atoms with Crippen LogP contribution >= 0.6 is 0 Å². The lowest BCUT2D eigenvalue weighted by Gasteiger charge is -2.43. The van der Waals surface area contributed by atoms with Gasteiger partial charge in [-0.2, -0.15) is 0 Å². The standard InChI is InChI=1S/C17H33NO2/c1-7-11-17(6,8-2)14-10-9-12-18(13-14)15(19)20-16(3,4)5/h14H,7-13H2,1-6H3. The van der Waals surface area contributed by atoms with E-state index in [9.17, 15) is 4.79 Å². The van der Waals surface area contributed by atoms with Gasteiger partial charge in [0.2, 0.25) is 0 Å². The molecule has 1 rings (SSSR count). The summed E-state index contributed by atoms with van der Waals surface area (Å²) in [4.78, 5) is 14.2. The Hall–Kier alpha value is -0.730. The van der Waals surface area contributed by atoms with Crippen LogP contribution in [-0.2, 0) is 4.74 Å². The van der Waals surface area contributed by atoms with Crippen molar-refractivity contribution in [2.75, 3.05) is 13.1 Å². The molecule has 3 heteroatoms. The van der Waals surface area contributed by atoms with Gasteiger partial charge in [-0.25, -0.2) is 4.79 Å². The van der Waals surface area contributed by atoms with E-state index in [1.54, 1.807) is 0 Å². The molecular weight excluding hydrogens is 250 g/mol. The number of ether oxygens (including phenoxy) is 1. The molecule has 3 nitrogen and oxygen atoms in total. The number of nitrogens with zero attached hydrogens (tertiary/aromatic N) is 1. The first-order valence-electron chi connectivity index (χ1n) is 8.19. The van der Waals surface area contributed by atoms with E-state index < -0.39 is 5.60 Å². The van der Waals surface area contributed by atoms with Gasteiger partial charge >= 0.3 is 6.09 Å². The third-order valence-corrected chi connectivity index (χ3v) is 4.69. The molecule has 2 unspecified atom stereocenters. The number of hydrogen-bond acceptors (Lipinski definition) is 2. The summed E-state index contributed by atoms with van der Waals surface area (Å²) >= 11 is 0. The Morgan fingerprint density at radius 2 is 1.90 bits per heavy atom. The van der Waals surface area contributed by atoms with E-state index in [4.69, 9.17) is 4.74 Å². The van der Waals surface area contributed by atoms with E-state index >= 15 is 0 Å². The lowest BCUT2D eigenvalue weighted by atomic mass is 9.69. The summed E-state index contributed by atoms with van der Waals surface area (Å²) in [6, 6.07) is 0. The Kier molecular flexibility index (Phi) is 5.91. The number of piperidine rings is 1. The number of likely N-dealkylation sites (tertiary alicyclic amines) is 1. The van der Waals surface area contributed by atoms with Crippen molar-refractivity contribution in [3.63, 3.8) is 0 Å². The minimum Gasteiger partial charge on any atom is -0.444 e. The van der Waals surface area contributed by atoms with Crippen molar-refractivity contribution in [2.45, 2.75) is 79.2 Å². The Bertz CT molecular complexity index is 321. The molecule has 2 atom stereocenters. The van der Waals surface area contributed by atoms with Gasteiger partial charge < -0.3 is 9.64 Å². The molecule has 1 saturated heterocycles. The first-order chi connectivity index (χ1) is 9.22. The fourth-order valence-corrected chi connectivity index (χ4v) is 3.28. The zero-order valence-electron chi connectivity index (χ0n) is 14.3. The molecule has 1 heterocycles. The van der Waals surface area contributed by atoms with Gasteiger partial charge in [-0.3, -0.25) is 0 Å². The van der Waals surface area contributed by atoms with Crippen LogP contribution in [0.1, 0.15) is 73.6 Å². The van der Waals surface area contributed by atoms with Crippen LogP contribution in [0.3, 0.4) is 0 Å². The van der Waals surface area contributed by atoms with E-state index in [0.717, 1.165) is 19.5 Å². The van der Waals surface area contributed by atoms with E-state index in [-0.39, 0.29) is 6.09 Å². The topological polar surface area (TPSA) is 29.5 Å². The highest BCUT2D eigenvalue weighted by atomic mass is 16.6. The van der Waals surface area contributed by atoms with Gasteiger partial charge in [-0.15, -0.1) is 0 Å². The lowest BCUT2D eigenvalue weighted by molar-refractivity contribution is 0.00334. The second-order valence-corrected chi connectivity index (χ2v) is 7.52. The number of rotatable bonds is 4. The molecule has 118 valence electrons. The van der Waals surface area contributed by atoms with Gasteiger partial charge in [0, 0.05) is 13.1 Å². The Morgan fingerprint density at radius 1 is 1.25 bits per heavy atom. The predicted molar refractivity (Wildman–Crippen MR) is 83.8 cm³/mol. The molecule has 0 radical (unpaired) electrons. The van der Waals surface area contributed by atoms with E-state index in [2.05, 4.69) is 20.8 Å². The summed E-state index contributed by atoms with van der Waals surface area (Å²) in [7, 11) is 0. The number of carbonyl (C=O) groups excluding carboxylic acids is 1. The monoisotopic (exact) mass is 283 g/mol. The van der Waals surface area contributed by atoms with Gasteiger partial charge in [0.05, 0.1) is 0 Å². The summed E-state index contributed by atoms with van der Waals surface area (Å²) < 4.78 is 5.52. The van der Waals surface area contributed by atoms with Crippen LogP contribution in [-0.4, -0.2) is 29.7 Å². The molecule has 0 aromatic heterocycles. The SMILES string of the molecule is CCCC(C)(CC)C1CCCN(C(=O)OC(C)(C)C)C1. The minimum atomic E-state index is -0.401. The zero-order valence-corrected chi connectivity index (χ0v) is 14.3. The molecule has 0 aromatic carbocycles. The predicted octanol–water partition coefficient (Wildman–Crippen LogP) is 4.85. The second-order valence-electron chi connectivity index (χ2n) is 7.52. The van der Waals surface area contributed by atoms with Crippen molar-refractivity contribution >= 4 is 6.09 Å². The minimum absolute atomic E-state index is 0.142. The van der Waals surface area contributed by atoms with Gasteiger partial charge in [0.15, 0.2) is 0 Å². The Balaban J connectivity index is 2.68. The third-order valence-electron chi connectivity index (χ3n) is 4.69. The number of hydrogen-bond donors (Lipinski definition) is 0. The van der Waals surface area contributed by atoms with Gasteiger partial charge in [-0.05, 0) is 51.4 Å². The second kappa shape index (κ2) is 6.82. The Morgan fingerprint density at radius 3 is 2.40 bits per heavy atom. The van der Waals surface area contributed by atoms with Crippen molar-refractivity contribution in [3.05, 3.63) is 0 Å². The molecular formula is C17H33NO2. The third kappa shape index (κ3) is 4.68. The van der Waals surface area contributed by atoms with Crippen LogP contribution in [0.4, 0.5) is 4.79 Å². The van der Waals surface area contributed by atoms with Gasteiger partial charge in [0.1, 0.15) is 5.60 Å². The molecule has 1 aliphatic rings. The van der Waals surface area contributed by atoms with Gasteiger partial charge in [-0.1, -0.05) is 33.6 Å². The van der Waals surface area contributed by atoms with Crippen LogP contribution < -0.4 is 0 Å². The molecule has 0 saturated carbocycles. The highest BCUT2D eigenvalue weighted by Crippen LogP contribution is 2.41. The molecule has 0 aliphatic carbocycles. The van der Waals surface area contributed by atoms with Crippen LogP contribution in [0, 0.1) is 11.3 Å². The fraction of sp³-hybridized carbons (Fsp3) is 0.941. The van der Waals surface area contributed by atoms with Crippen LogP contribution in [0.5, 0.6) is 0 Å². The first kappa shape index (κ1) is 17.3. The maximum absolute atomic E-state index is 12.2. The smallest absolute Gasteiger partial charge is 0.410 e.